The first kappa shape index (κ1) is 10.8. The van der Waals surface area contributed by atoms with Gasteiger partial charge in [0.25, 0.3) is 0 Å². The zero-order valence-electron chi connectivity index (χ0n) is 8.75. The highest BCUT2D eigenvalue weighted by molar-refractivity contribution is 9.10. The molecule has 0 N–H and O–H groups in total. The average molecular weight is 282 g/mol. The van der Waals surface area contributed by atoms with Crippen LogP contribution in [0.15, 0.2) is 28.9 Å². The summed E-state index contributed by atoms with van der Waals surface area (Å²) < 4.78 is 1.15. The minimum absolute atomic E-state index is 1.06. The Morgan fingerprint density at radius 3 is 2.80 bits per heavy atom. The van der Waals surface area contributed by atoms with Crippen LogP contribution in [0.25, 0.3) is 10.6 Å². The molecule has 0 aliphatic carbocycles. The molecule has 0 unspecified atom stereocenters. The summed E-state index contributed by atoms with van der Waals surface area (Å²) in [5, 5.41) is 1.10. The first-order valence-electron chi connectivity index (χ1n) is 4.92. The maximum atomic E-state index is 4.43. The first-order valence-corrected chi connectivity index (χ1v) is 6.53. The van der Waals surface area contributed by atoms with E-state index >= 15 is 0 Å². The van der Waals surface area contributed by atoms with Gasteiger partial charge in [-0.15, -0.1) is 11.3 Å². The number of aromatic nitrogens is 1. The molecule has 2 rings (SSSR count). The molecule has 78 valence electrons. The summed E-state index contributed by atoms with van der Waals surface area (Å²) in [4.78, 5) is 5.76. The Labute approximate surface area is 102 Å². The third-order valence-corrected chi connectivity index (χ3v) is 4.37. The van der Waals surface area contributed by atoms with Crippen LogP contribution >= 0.6 is 27.3 Å². The van der Waals surface area contributed by atoms with Crippen molar-refractivity contribution >= 4 is 27.3 Å². The van der Waals surface area contributed by atoms with E-state index in [9.17, 15) is 0 Å². The Balaban J connectivity index is 2.40. The van der Waals surface area contributed by atoms with Crippen molar-refractivity contribution in [3.8, 4) is 10.6 Å². The van der Waals surface area contributed by atoms with E-state index in [1.54, 1.807) is 11.3 Å². The molecule has 1 aromatic carbocycles. The number of nitrogens with zero attached hydrogens (tertiary/aromatic N) is 1. The molecule has 0 saturated carbocycles. The molecule has 15 heavy (non-hydrogen) atoms. The molecule has 0 fully saturated rings. The van der Waals surface area contributed by atoms with E-state index in [1.165, 1.54) is 16.0 Å². The summed E-state index contributed by atoms with van der Waals surface area (Å²) in [7, 11) is 0. The van der Waals surface area contributed by atoms with Crippen molar-refractivity contribution in [1.29, 1.82) is 0 Å². The Bertz CT molecular complexity index is 476. The van der Waals surface area contributed by atoms with Gasteiger partial charge in [-0.3, -0.25) is 0 Å². The minimum atomic E-state index is 1.06. The summed E-state index contributed by atoms with van der Waals surface area (Å²) in [5.41, 5.74) is 2.45. The number of aryl methyl sites for hydroxylation is 2. The van der Waals surface area contributed by atoms with Crippen LogP contribution in [0.5, 0.6) is 0 Å². The van der Waals surface area contributed by atoms with Crippen molar-refractivity contribution in [2.45, 2.75) is 20.3 Å². The van der Waals surface area contributed by atoms with Crippen molar-refractivity contribution in [2.75, 3.05) is 0 Å². The third kappa shape index (κ3) is 2.29. The molecule has 0 amide bonds. The van der Waals surface area contributed by atoms with Crippen LogP contribution < -0.4 is 0 Å². The number of benzene rings is 1. The molecule has 0 saturated heterocycles. The lowest BCUT2D eigenvalue weighted by molar-refractivity contribution is 1.17. The normalized spacial score (nSPS) is 10.6. The lowest BCUT2D eigenvalue weighted by Gasteiger charge is -2.00. The van der Waals surface area contributed by atoms with Crippen LogP contribution in [-0.4, -0.2) is 4.98 Å². The Morgan fingerprint density at radius 1 is 1.40 bits per heavy atom. The predicted molar refractivity (Wildman–Crippen MR) is 69.4 cm³/mol. The second-order valence-corrected chi connectivity index (χ2v) is 5.42. The quantitative estimate of drug-likeness (QED) is 0.793. The van der Waals surface area contributed by atoms with Gasteiger partial charge in [-0.05, 0) is 25.0 Å². The van der Waals surface area contributed by atoms with Gasteiger partial charge in [0.05, 0.1) is 0 Å². The molecule has 1 nitrogen and oxygen atoms in total. The SMILES string of the molecule is CCc1cnc(-c2ccc(C)c(Br)c2)s1. The molecule has 1 aromatic heterocycles. The molecule has 0 atom stereocenters. The smallest absolute Gasteiger partial charge is 0.123 e. The zero-order valence-corrected chi connectivity index (χ0v) is 11.2. The van der Waals surface area contributed by atoms with Gasteiger partial charge in [-0.1, -0.05) is 35.0 Å². The van der Waals surface area contributed by atoms with Crippen molar-refractivity contribution < 1.29 is 0 Å². The lowest BCUT2D eigenvalue weighted by Crippen LogP contribution is -1.78. The standard InChI is InChI=1S/C12H12BrNS/c1-3-10-7-14-12(15-10)9-5-4-8(2)11(13)6-9/h4-7H,3H2,1-2H3. The van der Waals surface area contributed by atoms with Crippen LogP contribution in [0.2, 0.25) is 0 Å². The molecule has 0 radical (unpaired) electrons. The number of rotatable bonds is 2. The number of thiazole rings is 1. The molecule has 1 heterocycles. The molecule has 0 aliphatic heterocycles. The van der Waals surface area contributed by atoms with Crippen molar-refractivity contribution in [2.24, 2.45) is 0 Å². The summed E-state index contributed by atoms with van der Waals surface area (Å²) in [6, 6.07) is 6.37. The number of hydrogen-bond donors (Lipinski definition) is 0. The third-order valence-electron chi connectivity index (χ3n) is 2.32. The Kier molecular flexibility index (Phi) is 3.22. The van der Waals surface area contributed by atoms with E-state index in [1.807, 2.05) is 6.20 Å². The highest BCUT2D eigenvalue weighted by Crippen LogP contribution is 2.28. The summed E-state index contributed by atoms with van der Waals surface area (Å²) in [6.07, 6.45) is 3.03. The van der Waals surface area contributed by atoms with Crippen LogP contribution in [-0.2, 0) is 6.42 Å². The van der Waals surface area contributed by atoms with Crippen LogP contribution in [0.3, 0.4) is 0 Å². The minimum Gasteiger partial charge on any atom is -0.244 e. The topological polar surface area (TPSA) is 12.9 Å². The molecule has 0 bridgehead atoms. The molecule has 3 heteroatoms. The fourth-order valence-electron chi connectivity index (χ4n) is 1.33. The maximum Gasteiger partial charge on any atom is 0.123 e. The van der Waals surface area contributed by atoms with Gasteiger partial charge in [0, 0.05) is 21.1 Å². The highest BCUT2D eigenvalue weighted by atomic mass is 79.9. The Morgan fingerprint density at radius 2 is 2.20 bits per heavy atom. The van der Waals surface area contributed by atoms with Crippen molar-refractivity contribution in [1.82, 2.24) is 4.98 Å². The van der Waals surface area contributed by atoms with Gasteiger partial charge in [-0.2, -0.15) is 0 Å². The predicted octanol–water partition coefficient (Wildman–Crippen LogP) is 4.44. The van der Waals surface area contributed by atoms with E-state index in [0.717, 1.165) is 15.9 Å². The van der Waals surface area contributed by atoms with E-state index in [-0.39, 0.29) is 0 Å². The number of hydrogen-bond acceptors (Lipinski definition) is 2. The maximum absolute atomic E-state index is 4.43. The van der Waals surface area contributed by atoms with E-state index in [2.05, 4.69) is 53.0 Å². The average Bonchev–Trinajstić information content (AvgIpc) is 2.70. The fraction of sp³-hybridized carbons (Fsp3) is 0.250. The molecule has 0 spiro atoms. The van der Waals surface area contributed by atoms with Crippen molar-refractivity contribution in [3.63, 3.8) is 0 Å². The summed E-state index contributed by atoms with van der Waals surface area (Å²) in [5.74, 6) is 0. The Hall–Kier alpha value is -0.670. The molecular weight excluding hydrogens is 270 g/mol. The largest absolute Gasteiger partial charge is 0.244 e. The lowest BCUT2D eigenvalue weighted by atomic mass is 10.2. The monoisotopic (exact) mass is 281 g/mol. The molecular formula is C12H12BrNS. The van der Waals surface area contributed by atoms with Gasteiger partial charge < -0.3 is 0 Å². The van der Waals surface area contributed by atoms with Crippen molar-refractivity contribution in [3.05, 3.63) is 39.3 Å². The van der Waals surface area contributed by atoms with Crippen LogP contribution in [0.1, 0.15) is 17.4 Å². The first-order chi connectivity index (χ1) is 7.20. The molecule has 2 aromatic rings. The van der Waals surface area contributed by atoms with E-state index < -0.39 is 0 Å². The zero-order chi connectivity index (χ0) is 10.8. The fourth-order valence-corrected chi connectivity index (χ4v) is 2.56. The highest BCUT2D eigenvalue weighted by Gasteiger charge is 2.04. The summed E-state index contributed by atoms with van der Waals surface area (Å²) in [6.45, 7) is 4.25. The van der Waals surface area contributed by atoms with Gasteiger partial charge in [0.1, 0.15) is 5.01 Å². The van der Waals surface area contributed by atoms with E-state index in [4.69, 9.17) is 0 Å². The van der Waals surface area contributed by atoms with Gasteiger partial charge in [0.15, 0.2) is 0 Å². The summed E-state index contributed by atoms with van der Waals surface area (Å²) >= 11 is 5.31. The van der Waals surface area contributed by atoms with Gasteiger partial charge >= 0.3 is 0 Å². The van der Waals surface area contributed by atoms with E-state index in [0.29, 0.717) is 0 Å². The van der Waals surface area contributed by atoms with Crippen LogP contribution in [0, 0.1) is 6.92 Å². The second kappa shape index (κ2) is 4.45. The van der Waals surface area contributed by atoms with Crippen LogP contribution in [0.4, 0.5) is 0 Å². The van der Waals surface area contributed by atoms with Gasteiger partial charge in [-0.25, -0.2) is 4.98 Å². The molecule has 0 aliphatic rings. The van der Waals surface area contributed by atoms with Gasteiger partial charge in [0.2, 0.25) is 0 Å². The number of halogens is 1. The second-order valence-electron chi connectivity index (χ2n) is 3.45.